The lowest BCUT2D eigenvalue weighted by Crippen LogP contribution is -2.56. The lowest BCUT2D eigenvalue weighted by molar-refractivity contribution is -0.0747. The fourth-order valence-electron chi connectivity index (χ4n) is 6.45. The molecule has 0 saturated carbocycles. The molecule has 0 radical (unpaired) electrons. The first-order chi connectivity index (χ1) is 18.6. The second kappa shape index (κ2) is 8.40. The third kappa shape index (κ3) is 3.26. The predicted molar refractivity (Wildman–Crippen MR) is 151 cm³/mol. The first-order valence-electron chi connectivity index (χ1n) is 13.1. The fourth-order valence-corrected chi connectivity index (χ4v) is 7.13. The first-order valence-corrected chi connectivity index (χ1v) is 13.9. The number of nitrogens with one attached hydrogen (secondary N) is 2. The molecule has 4 heterocycles. The molecule has 4 aromatic carbocycles. The molecule has 6 heteroatoms. The van der Waals surface area contributed by atoms with Gasteiger partial charge in [-0.05, 0) is 45.5 Å². The number of hydrogen-bond acceptors (Lipinski definition) is 4. The Balaban J connectivity index is 1.17. The van der Waals surface area contributed by atoms with E-state index in [0.717, 1.165) is 59.6 Å². The Morgan fingerprint density at radius 2 is 0.974 bits per heavy atom. The summed E-state index contributed by atoms with van der Waals surface area (Å²) in [5, 5.41) is 8.08. The van der Waals surface area contributed by atoms with E-state index in [-0.39, 0.29) is 11.2 Å². The van der Waals surface area contributed by atoms with Crippen LogP contribution in [0.1, 0.15) is 22.3 Å². The van der Waals surface area contributed by atoms with Crippen molar-refractivity contribution in [3.8, 4) is 33.4 Å². The Morgan fingerprint density at radius 1 is 0.553 bits per heavy atom. The van der Waals surface area contributed by atoms with Crippen LogP contribution in [0.15, 0.2) is 72.8 Å². The SMILES string of the molecule is Clc1c(-c2ccc3c(c2)COC32CNC2)cccc1-c1cccc(-c2ccc3c(c2)COC32CNC2)c1Cl. The van der Waals surface area contributed by atoms with Gasteiger partial charge in [0.05, 0.1) is 23.3 Å². The minimum Gasteiger partial charge on any atom is -0.363 e. The summed E-state index contributed by atoms with van der Waals surface area (Å²) in [7, 11) is 0. The second-order valence-electron chi connectivity index (χ2n) is 10.9. The average molecular weight is 541 g/mol. The molecule has 4 nitrogen and oxygen atoms in total. The van der Waals surface area contributed by atoms with Gasteiger partial charge >= 0.3 is 0 Å². The summed E-state index contributed by atoms with van der Waals surface area (Å²) >= 11 is 14.2. The van der Waals surface area contributed by atoms with Crippen molar-refractivity contribution in [2.24, 2.45) is 0 Å². The Bertz CT molecular complexity index is 1500. The maximum Gasteiger partial charge on any atom is 0.119 e. The highest BCUT2D eigenvalue weighted by molar-refractivity contribution is 6.39. The van der Waals surface area contributed by atoms with Crippen LogP contribution in [0, 0.1) is 0 Å². The summed E-state index contributed by atoms with van der Waals surface area (Å²) in [6, 6.07) is 25.5. The zero-order chi connectivity index (χ0) is 25.5. The van der Waals surface area contributed by atoms with Crippen LogP contribution >= 0.6 is 23.2 Å². The monoisotopic (exact) mass is 540 g/mol. The molecule has 2 saturated heterocycles. The topological polar surface area (TPSA) is 42.5 Å². The molecule has 38 heavy (non-hydrogen) atoms. The van der Waals surface area contributed by atoms with E-state index in [9.17, 15) is 0 Å². The molecule has 8 rings (SSSR count). The van der Waals surface area contributed by atoms with E-state index in [4.69, 9.17) is 32.7 Å². The maximum absolute atomic E-state index is 7.10. The second-order valence-corrected chi connectivity index (χ2v) is 11.6. The van der Waals surface area contributed by atoms with Crippen LogP contribution in [0.2, 0.25) is 10.0 Å². The van der Waals surface area contributed by atoms with Gasteiger partial charge in [-0.2, -0.15) is 0 Å². The minimum absolute atomic E-state index is 0.146. The Labute approximate surface area is 231 Å². The fraction of sp³-hybridized carbons (Fsp3) is 0.250. The maximum atomic E-state index is 7.10. The number of fused-ring (bicyclic) bond motifs is 4. The number of rotatable bonds is 3. The summed E-state index contributed by atoms with van der Waals surface area (Å²) in [6.45, 7) is 4.78. The molecule has 0 aromatic heterocycles. The van der Waals surface area contributed by atoms with Crippen LogP contribution in [-0.4, -0.2) is 26.2 Å². The predicted octanol–water partition coefficient (Wildman–Crippen LogP) is 6.65. The third-order valence-electron chi connectivity index (χ3n) is 8.75. The normalized spacial score (nSPS) is 19.7. The molecule has 190 valence electrons. The Hall–Kier alpha value is -2.70. The number of benzene rings is 4. The summed E-state index contributed by atoms with van der Waals surface area (Å²) in [5.41, 5.74) is 10.8. The largest absolute Gasteiger partial charge is 0.363 e. The van der Waals surface area contributed by atoms with Gasteiger partial charge in [0.25, 0.3) is 0 Å². The van der Waals surface area contributed by atoms with Gasteiger partial charge in [-0.25, -0.2) is 0 Å². The van der Waals surface area contributed by atoms with E-state index in [1.807, 2.05) is 12.1 Å². The van der Waals surface area contributed by atoms with Crippen molar-refractivity contribution in [3.05, 3.63) is 105 Å². The van der Waals surface area contributed by atoms with Crippen molar-refractivity contribution in [3.63, 3.8) is 0 Å². The van der Waals surface area contributed by atoms with Crippen LogP contribution in [0.4, 0.5) is 0 Å². The smallest absolute Gasteiger partial charge is 0.119 e. The van der Waals surface area contributed by atoms with Crippen molar-refractivity contribution in [2.75, 3.05) is 26.2 Å². The summed E-state index contributed by atoms with van der Waals surface area (Å²) in [4.78, 5) is 0. The number of halogens is 2. The van der Waals surface area contributed by atoms with Gasteiger partial charge in [-0.1, -0.05) is 83.9 Å². The van der Waals surface area contributed by atoms with E-state index in [1.165, 1.54) is 22.3 Å². The van der Waals surface area contributed by atoms with E-state index in [1.54, 1.807) is 0 Å². The van der Waals surface area contributed by atoms with Gasteiger partial charge in [0.1, 0.15) is 11.2 Å². The molecule has 0 atom stereocenters. The summed E-state index contributed by atoms with van der Waals surface area (Å²) in [5.74, 6) is 0. The van der Waals surface area contributed by atoms with Crippen LogP contribution in [0.3, 0.4) is 0 Å². The minimum atomic E-state index is -0.146. The molecule has 2 spiro atoms. The van der Waals surface area contributed by atoms with E-state index in [0.29, 0.717) is 23.3 Å². The molecule has 0 unspecified atom stereocenters. The lowest BCUT2D eigenvalue weighted by atomic mass is 9.85. The van der Waals surface area contributed by atoms with Gasteiger partial charge in [0.15, 0.2) is 0 Å². The van der Waals surface area contributed by atoms with E-state index >= 15 is 0 Å². The van der Waals surface area contributed by atoms with Gasteiger partial charge in [-0.3, -0.25) is 0 Å². The van der Waals surface area contributed by atoms with E-state index < -0.39 is 0 Å². The molecular formula is C32H26Cl2N2O2. The standard InChI is InChI=1S/C32H26Cl2N2O2/c33-29-23(19-7-9-27-21(11-19)13-37-31(27)15-35-16-31)3-1-5-25(29)26-6-2-4-24(30(26)34)20-8-10-28-22(12-20)14-38-32(28)17-36-18-32/h1-12,35-36H,13-18H2. The molecule has 4 aliphatic rings. The van der Waals surface area contributed by atoms with Gasteiger partial charge in [0.2, 0.25) is 0 Å². The molecule has 4 aliphatic heterocycles. The molecule has 2 fully saturated rings. The Kier molecular flexibility index (Phi) is 5.13. The van der Waals surface area contributed by atoms with Crippen molar-refractivity contribution in [1.29, 1.82) is 0 Å². The molecule has 4 aromatic rings. The van der Waals surface area contributed by atoms with Gasteiger partial charge in [0, 0.05) is 48.4 Å². The Morgan fingerprint density at radius 3 is 1.37 bits per heavy atom. The molecule has 0 amide bonds. The summed E-state index contributed by atoms with van der Waals surface area (Å²) in [6.07, 6.45) is 0. The zero-order valence-corrected chi connectivity index (χ0v) is 22.3. The summed E-state index contributed by atoms with van der Waals surface area (Å²) < 4.78 is 12.3. The van der Waals surface area contributed by atoms with Crippen molar-refractivity contribution < 1.29 is 9.47 Å². The van der Waals surface area contributed by atoms with Crippen molar-refractivity contribution in [2.45, 2.75) is 24.4 Å². The zero-order valence-electron chi connectivity index (χ0n) is 20.7. The average Bonchev–Trinajstić information content (AvgIpc) is 3.48. The molecular weight excluding hydrogens is 515 g/mol. The van der Waals surface area contributed by atoms with Crippen LogP contribution in [-0.2, 0) is 33.9 Å². The number of hydrogen-bond donors (Lipinski definition) is 2. The highest BCUT2D eigenvalue weighted by Crippen LogP contribution is 2.46. The van der Waals surface area contributed by atoms with Gasteiger partial charge in [-0.15, -0.1) is 0 Å². The van der Waals surface area contributed by atoms with Gasteiger partial charge < -0.3 is 20.1 Å². The highest BCUT2D eigenvalue weighted by atomic mass is 35.5. The first kappa shape index (κ1) is 23.2. The molecule has 2 N–H and O–H groups in total. The van der Waals surface area contributed by atoms with Crippen molar-refractivity contribution in [1.82, 2.24) is 10.6 Å². The van der Waals surface area contributed by atoms with Crippen molar-refractivity contribution >= 4 is 23.2 Å². The lowest BCUT2D eigenvalue weighted by Gasteiger charge is -2.39. The highest BCUT2D eigenvalue weighted by Gasteiger charge is 2.46. The number of ether oxygens (including phenoxy) is 2. The van der Waals surface area contributed by atoms with Crippen LogP contribution in [0.5, 0.6) is 0 Å². The van der Waals surface area contributed by atoms with Crippen LogP contribution < -0.4 is 10.6 Å². The molecule has 0 bridgehead atoms. The third-order valence-corrected chi connectivity index (χ3v) is 9.57. The van der Waals surface area contributed by atoms with Crippen LogP contribution in [0.25, 0.3) is 33.4 Å². The van der Waals surface area contributed by atoms with E-state index in [2.05, 4.69) is 71.3 Å². The quantitative estimate of drug-likeness (QED) is 0.305. The molecule has 0 aliphatic carbocycles.